The second-order valence-corrected chi connectivity index (χ2v) is 7.08. The lowest BCUT2D eigenvalue weighted by Crippen LogP contribution is -2.19. The van der Waals surface area contributed by atoms with Crippen molar-refractivity contribution in [3.63, 3.8) is 0 Å². The van der Waals surface area contributed by atoms with Gasteiger partial charge in [0.1, 0.15) is 5.75 Å². The fourth-order valence-corrected chi connectivity index (χ4v) is 3.33. The van der Waals surface area contributed by atoms with Crippen LogP contribution in [0.25, 0.3) is 22.3 Å². The predicted molar refractivity (Wildman–Crippen MR) is 115 cm³/mol. The first-order chi connectivity index (χ1) is 14.5. The summed E-state index contributed by atoms with van der Waals surface area (Å²) in [5.41, 5.74) is 3.22. The summed E-state index contributed by atoms with van der Waals surface area (Å²) in [7, 11) is 3.38. The number of H-pyrrole nitrogens is 1. The normalized spacial score (nSPS) is 10.9. The summed E-state index contributed by atoms with van der Waals surface area (Å²) in [6.07, 6.45) is 1.68. The molecule has 2 heterocycles. The average molecular weight is 426 g/mol. The van der Waals surface area contributed by atoms with Gasteiger partial charge in [-0.15, -0.1) is 5.10 Å². The van der Waals surface area contributed by atoms with Gasteiger partial charge in [0.15, 0.2) is 5.82 Å². The molecule has 0 bridgehead atoms. The number of methoxy groups -OCH3 is 1. The SMILES string of the molecule is COc1cc(-c2nc(Nc3ccc4[nH]ncc4c3Cl)n(C)n2)ccc1CNC(C)=O. The van der Waals surface area contributed by atoms with Crippen LogP contribution in [-0.2, 0) is 18.4 Å². The highest BCUT2D eigenvalue weighted by molar-refractivity contribution is 6.38. The number of fused-ring (bicyclic) bond motifs is 1. The van der Waals surface area contributed by atoms with E-state index in [4.69, 9.17) is 16.3 Å². The molecule has 0 aliphatic heterocycles. The van der Waals surface area contributed by atoms with E-state index >= 15 is 0 Å². The van der Waals surface area contributed by atoms with Crippen molar-refractivity contribution >= 4 is 40.0 Å². The Kier molecular flexibility index (Phi) is 5.28. The number of carbonyl (C=O) groups is 1. The Labute approximate surface area is 177 Å². The number of aromatic amines is 1. The number of rotatable bonds is 6. The van der Waals surface area contributed by atoms with Crippen LogP contribution in [0.3, 0.4) is 0 Å². The van der Waals surface area contributed by atoms with Crippen molar-refractivity contribution in [1.29, 1.82) is 0 Å². The number of ether oxygens (including phenoxy) is 1. The first kappa shape index (κ1) is 19.7. The Morgan fingerprint density at radius 2 is 2.13 bits per heavy atom. The molecule has 10 heteroatoms. The van der Waals surface area contributed by atoms with Crippen molar-refractivity contribution in [1.82, 2.24) is 30.3 Å². The molecule has 0 fully saturated rings. The molecule has 3 N–H and O–H groups in total. The van der Waals surface area contributed by atoms with Gasteiger partial charge in [-0.25, -0.2) is 4.68 Å². The largest absolute Gasteiger partial charge is 0.496 e. The summed E-state index contributed by atoms with van der Waals surface area (Å²) < 4.78 is 7.11. The van der Waals surface area contributed by atoms with Gasteiger partial charge in [0.2, 0.25) is 11.9 Å². The smallest absolute Gasteiger partial charge is 0.225 e. The molecule has 4 rings (SSSR count). The summed E-state index contributed by atoms with van der Waals surface area (Å²) in [6.45, 7) is 1.86. The highest BCUT2D eigenvalue weighted by atomic mass is 35.5. The molecular weight excluding hydrogens is 406 g/mol. The van der Waals surface area contributed by atoms with E-state index in [9.17, 15) is 4.79 Å². The van der Waals surface area contributed by atoms with Crippen molar-refractivity contribution in [3.05, 3.63) is 47.1 Å². The Balaban J connectivity index is 1.61. The zero-order valence-electron chi connectivity index (χ0n) is 16.7. The maximum absolute atomic E-state index is 11.2. The Morgan fingerprint density at radius 3 is 2.90 bits per heavy atom. The monoisotopic (exact) mass is 425 g/mol. The number of aryl methyl sites for hydroxylation is 1. The Hall–Kier alpha value is -3.59. The minimum Gasteiger partial charge on any atom is -0.496 e. The van der Waals surface area contributed by atoms with Gasteiger partial charge in [-0.2, -0.15) is 10.1 Å². The standard InChI is InChI=1S/C20H20ClN7O2/c1-11(29)22-9-13-5-4-12(8-17(13)30-3)19-25-20(28(2)27-19)24-16-7-6-15-14(18(16)21)10-23-26-15/h4-8,10H,9H2,1-3H3,(H,22,29)(H,23,26)(H,24,25,27). The van der Waals surface area contributed by atoms with Crippen LogP contribution in [0, 0.1) is 0 Å². The lowest BCUT2D eigenvalue weighted by molar-refractivity contribution is -0.119. The number of hydrogen-bond donors (Lipinski definition) is 3. The number of nitrogens with one attached hydrogen (secondary N) is 3. The third kappa shape index (κ3) is 3.79. The summed E-state index contributed by atoms with van der Waals surface area (Å²) in [4.78, 5) is 15.8. The molecule has 2 aromatic carbocycles. The molecule has 0 spiro atoms. The van der Waals surface area contributed by atoms with Gasteiger partial charge in [0.05, 0.1) is 29.5 Å². The fourth-order valence-electron chi connectivity index (χ4n) is 3.07. The van der Waals surface area contributed by atoms with Crippen LogP contribution in [0.1, 0.15) is 12.5 Å². The minimum absolute atomic E-state index is 0.101. The van der Waals surface area contributed by atoms with Gasteiger partial charge in [-0.3, -0.25) is 9.89 Å². The van der Waals surface area contributed by atoms with Crippen molar-refractivity contribution in [2.45, 2.75) is 13.5 Å². The summed E-state index contributed by atoms with van der Waals surface area (Å²) in [6, 6.07) is 9.38. The van der Waals surface area contributed by atoms with Gasteiger partial charge in [-0.05, 0) is 18.2 Å². The molecule has 30 heavy (non-hydrogen) atoms. The zero-order chi connectivity index (χ0) is 21.3. The van der Waals surface area contributed by atoms with E-state index in [2.05, 4.69) is 30.9 Å². The molecule has 1 amide bonds. The van der Waals surface area contributed by atoms with E-state index < -0.39 is 0 Å². The van der Waals surface area contributed by atoms with E-state index in [0.29, 0.717) is 34.8 Å². The van der Waals surface area contributed by atoms with E-state index in [0.717, 1.165) is 22.0 Å². The molecule has 0 saturated heterocycles. The van der Waals surface area contributed by atoms with Gasteiger partial charge in [0, 0.05) is 37.0 Å². The molecule has 0 saturated carbocycles. The fraction of sp³-hybridized carbons (Fsp3) is 0.200. The average Bonchev–Trinajstić information content (AvgIpc) is 3.35. The van der Waals surface area contributed by atoms with Crippen LogP contribution in [0.4, 0.5) is 11.6 Å². The summed E-state index contributed by atoms with van der Waals surface area (Å²) >= 11 is 6.49. The van der Waals surface area contributed by atoms with Crippen LogP contribution in [0.5, 0.6) is 5.75 Å². The van der Waals surface area contributed by atoms with Crippen molar-refractivity contribution in [3.8, 4) is 17.1 Å². The summed E-state index contributed by atoms with van der Waals surface area (Å²) in [5.74, 6) is 1.62. The molecule has 154 valence electrons. The molecule has 9 nitrogen and oxygen atoms in total. The second kappa shape index (κ2) is 8.03. The lowest BCUT2D eigenvalue weighted by Gasteiger charge is -2.10. The number of aromatic nitrogens is 5. The molecular formula is C20H20ClN7O2. The predicted octanol–water partition coefficient (Wildman–Crippen LogP) is 3.40. The highest BCUT2D eigenvalue weighted by Crippen LogP contribution is 2.32. The number of carbonyl (C=O) groups excluding carboxylic acids is 1. The quantitative estimate of drug-likeness (QED) is 0.436. The van der Waals surface area contributed by atoms with E-state index in [-0.39, 0.29) is 5.91 Å². The van der Waals surface area contributed by atoms with Gasteiger partial charge >= 0.3 is 0 Å². The van der Waals surface area contributed by atoms with Gasteiger partial charge in [0.25, 0.3) is 0 Å². The van der Waals surface area contributed by atoms with Crippen LogP contribution in [0.2, 0.25) is 5.02 Å². The van der Waals surface area contributed by atoms with Crippen LogP contribution >= 0.6 is 11.6 Å². The molecule has 0 aliphatic rings. The van der Waals surface area contributed by atoms with Gasteiger partial charge < -0.3 is 15.4 Å². The first-order valence-electron chi connectivity index (χ1n) is 9.17. The number of benzene rings is 2. The maximum atomic E-state index is 11.2. The number of halogens is 1. The summed E-state index contributed by atoms with van der Waals surface area (Å²) in [5, 5.41) is 18.8. The minimum atomic E-state index is -0.101. The Bertz CT molecular complexity index is 1230. The zero-order valence-corrected chi connectivity index (χ0v) is 17.4. The third-order valence-electron chi connectivity index (χ3n) is 4.64. The molecule has 2 aromatic heterocycles. The molecule has 0 unspecified atom stereocenters. The topological polar surface area (TPSA) is 110 Å². The van der Waals surface area contributed by atoms with Crippen LogP contribution in [0.15, 0.2) is 36.5 Å². The number of nitrogens with zero attached hydrogens (tertiary/aromatic N) is 4. The van der Waals surface area contributed by atoms with E-state index in [1.165, 1.54) is 6.92 Å². The van der Waals surface area contributed by atoms with Crippen LogP contribution < -0.4 is 15.4 Å². The van der Waals surface area contributed by atoms with Gasteiger partial charge in [-0.1, -0.05) is 23.7 Å². The lowest BCUT2D eigenvalue weighted by atomic mass is 10.1. The maximum Gasteiger partial charge on any atom is 0.225 e. The molecule has 0 atom stereocenters. The number of amides is 1. The molecule has 0 aliphatic carbocycles. The highest BCUT2D eigenvalue weighted by Gasteiger charge is 2.14. The molecule has 0 radical (unpaired) electrons. The second-order valence-electron chi connectivity index (χ2n) is 6.70. The van der Waals surface area contributed by atoms with Crippen LogP contribution in [-0.4, -0.2) is 38.0 Å². The number of anilines is 2. The molecule has 4 aromatic rings. The third-order valence-corrected chi connectivity index (χ3v) is 5.05. The number of hydrogen-bond acceptors (Lipinski definition) is 6. The van der Waals surface area contributed by atoms with Crippen molar-refractivity contribution in [2.75, 3.05) is 12.4 Å². The first-order valence-corrected chi connectivity index (χ1v) is 9.55. The van der Waals surface area contributed by atoms with Crippen molar-refractivity contribution in [2.24, 2.45) is 7.05 Å². The Morgan fingerprint density at radius 1 is 1.30 bits per heavy atom. The van der Waals surface area contributed by atoms with E-state index in [1.807, 2.05) is 30.3 Å². The van der Waals surface area contributed by atoms with E-state index in [1.54, 1.807) is 25.0 Å². The van der Waals surface area contributed by atoms with Crippen molar-refractivity contribution < 1.29 is 9.53 Å².